The van der Waals surface area contributed by atoms with Crippen LogP contribution in [0.15, 0.2) is 35.2 Å². The van der Waals surface area contributed by atoms with Gasteiger partial charge in [-0.3, -0.25) is 0 Å². The van der Waals surface area contributed by atoms with Crippen molar-refractivity contribution in [2.24, 2.45) is 0 Å². The zero-order valence-corrected chi connectivity index (χ0v) is 14.2. The minimum absolute atomic E-state index is 0.0570. The molecule has 0 spiro atoms. The van der Waals surface area contributed by atoms with E-state index < -0.39 is 15.8 Å². The lowest BCUT2D eigenvalue weighted by atomic mass is 10.1. The van der Waals surface area contributed by atoms with Gasteiger partial charge in [-0.1, -0.05) is 17.7 Å². The third-order valence-electron chi connectivity index (χ3n) is 3.47. The van der Waals surface area contributed by atoms with Gasteiger partial charge in [-0.2, -0.15) is 0 Å². The molecule has 0 aliphatic heterocycles. The van der Waals surface area contributed by atoms with Gasteiger partial charge in [-0.05, 0) is 50.1 Å². The predicted octanol–water partition coefficient (Wildman–Crippen LogP) is 3.51. The van der Waals surface area contributed by atoms with E-state index in [1.54, 1.807) is 13.0 Å². The highest BCUT2D eigenvalue weighted by molar-refractivity contribution is 7.90. The Balaban J connectivity index is 2.61. The normalized spacial score (nSPS) is 11.3. The lowest BCUT2D eigenvalue weighted by molar-refractivity contribution is 0.0696. The maximum absolute atomic E-state index is 12.0. The second kappa shape index (κ2) is 6.04. The number of sulfone groups is 1. The topological polar surface area (TPSA) is 80.7 Å². The lowest BCUT2D eigenvalue weighted by Gasteiger charge is -2.14. The Morgan fingerprint density at radius 1 is 1.00 bits per heavy atom. The van der Waals surface area contributed by atoms with Crippen LogP contribution in [0.5, 0.6) is 11.5 Å². The van der Waals surface area contributed by atoms with Gasteiger partial charge in [0.15, 0.2) is 9.84 Å². The van der Waals surface area contributed by atoms with Crippen LogP contribution in [0, 0.1) is 20.8 Å². The maximum atomic E-state index is 12.0. The highest BCUT2D eigenvalue weighted by atomic mass is 32.2. The van der Waals surface area contributed by atoms with Crippen molar-refractivity contribution in [2.75, 3.05) is 6.26 Å². The van der Waals surface area contributed by atoms with Gasteiger partial charge in [0.25, 0.3) is 0 Å². The summed E-state index contributed by atoms with van der Waals surface area (Å²) in [4.78, 5) is 11.1. The van der Waals surface area contributed by atoms with Gasteiger partial charge in [0, 0.05) is 6.26 Å². The molecule has 0 atom stereocenters. The van der Waals surface area contributed by atoms with E-state index in [0.717, 1.165) is 23.4 Å². The number of carboxylic acid groups (broad SMARTS) is 1. The second-order valence-electron chi connectivity index (χ2n) is 5.56. The number of hydrogen-bond donors (Lipinski definition) is 1. The minimum atomic E-state index is -3.64. The van der Waals surface area contributed by atoms with Crippen LogP contribution in [0.25, 0.3) is 0 Å². The summed E-state index contributed by atoms with van der Waals surface area (Å²) >= 11 is 0. The fraction of sp³-hybridized carbons (Fsp3) is 0.235. The van der Waals surface area contributed by atoms with Crippen molar-refractivity contribution < 1.29 is 23.1 Å². The van der Waals surface area contributed by atoms with E-state index in [4.69, 9.17) is 4.74 Å². The molecule has 2 aromatic rings. The monoisotopic (exact) mass is 334 g/mol. The van der Waals surface area contributed by atoms with Crippen molar-refractivity contribution in [1.29, 1.82) is 0 Å². The molecule has 23 heavy (non-hydrogen) atoms. The standard InChI is InChI=1S/C17H18O5S/c1-10-5-6-14(12(3)7-10)22-15-8-11(2)13(17(18)19)9-16(15)23(4,20)21/h5-9H,1-4H3,(H,18,19). The number of rotatable bonds is 4. The number of carbonyl (C=O) groups is 1. The fourth-order valence-corrected chi connectivity index (χ4v) is 3.09. The van der Waals surface area contributed by atoms with Gasteiger partial charge >= 0.3 is 5.97 Å². The molecule has 5 nitrogen and oxygen atoms in total. The zero-order chi connectivity index (χ0) is 17.4. The Hall–Kier alpha value is -2.34. The summed E-state index contributed by atoms with van der Waals surface area (Å²) in [5.41, 5.74) is 2.31. The van der Waals surface area contributed by atoms with Crippen LogP contribution in [0.1, 0.15) is 27.0 Å². The van der Waals surface area contributed by atoms with Gasteiger partial charge in [-0.15, -0.1) is 0 Å². The number of aromatic carboxylic acids is 1. The van der Waals surface area contributed by atoms with Crippen LogP contribution in [-0.4, -0.2) is 25.7 Å². The van der Waals surface area contributed by atoms with Crippen LogP contribution in [0.4, 0.5) is 0 Å². The third-order valence-corrected chi connectivity index (χ3v) is 4.59. The molecule has 0 saturated carbocycles. The highest BCUT2D eigenvalue weighted by Crippen LogP contribution is 2.33. The molecule has 0 bridgehead atoms. The van der Waals surface area contributed by atoms with E-state index in [1.807, 2.05) is 26.0 Å². The summed E-state index contributed by atoms with van der Waals surface area (Å²) in [5.74, 6) is -0.518. The third kappa shape index (κ3) is 3.71. The van der Waals surface area contributed by atoms with Gasteiger partial charge in [0.1, 0.15) is 16.4 Å². The largest absolute Gasteiger partial charge is 0.478 e. The molecule has 0 aromatic heterocycles. The van der Waals surface area contributed by atoms with Gasteiger partial charge < -0.3 is 9.84 Å². The molecule has 0 aliphatic rings. The highest BCUT2D eigenvalue weighted by Gasteiger charge is 2.21. The average molecular weight is 334 g/mol. The van der Waals surface area contributed by atoms with Crippen molar-refractivity contribution in [3.63, 3.8) is 0 Å². The van der Waals surface area contributed by atoms with Crippen molar-refractivity contribution in [2.45, 2.75) is 25.7 Å². The minimum Gasteiger partial charge on any atom is -0.478 e. The first-order valence-electron chi connectivity index (χ1n) is 6.92. The van der Waals surface area contributed by atoms with E-state index in [-0.39, 0.29) is 16.2 Å². The van der Waals surface area contributed by atoms with E-state index in [2.05, 4.69) is 0 Å². The van der Waals surface area contributed by atoms with Gasteiger partial charge in [0.2, 0.25) is 0 Å². The molecule has 1 N–H and O–H groups in total. The maximum Gasteiger partial charge on any atom is 0.335 e. The number of aryl methyl sites for hydroxylation is 3. The Kier molecular flexibility index (Phi) is 4.47. The summed E-state index contributed by atoms with van der Waals surface area (Å²) in [6.07, 6.45) is 1.03. The smallest absolute Gasteiger partial charge is 0.335 e. The first kappa shape index (κ1) is 17.0. The molecule has 0 aliphatic carbocycles. The van der Waals surface area contributed by atoms with E-state index in [0.29, 0.717) is 11.3 Å². The molecule has 0 unspecified atom stereocenters. The summed E-state index contributed by atoms with van der Waals surface area (Å²) in [7, 11) is -3.64. The van der Waals surface area contributed by atoms with E-state index >= 15 is 0 Å². The number of ether oxygens (including phenoxy) is 1. The fourth-order valence-electron chi connectivity index (χ4n) is 2.29. The first-order chi connectivity index (χ1) is 10.6. The summed E-state index contributed by atoms with van der Waals surface area (Å²) in [6.45, 7) is 5.41. The van der Waals surface area contributed by atoms with Crippen molar-refractivity contribution in [3.8, 4) is 11.5 Å². The lowest BCUT2D eigenvalue weighted by Crippen LogP contribution is -2.07. The molecular formula is C17H18O5S. The van der Waals surface area contributed by atoms with E-state index in [1.165, 1.54) is 6.07 Å². The Labute approximate surface area is 135 Å². The quantitative estimate of drug-likeness (QED) is 0.925. The first-order valence-corrected chi connectivity index (χ1v) is 8.82. The molecule has 122 valence electrons. The summed E-state index contributed by atoms with van der Waals surface area (Å²) in [6, 6.07) is 8.14. The summed E-state index contributed by atoms with van der Waals surface area (Å²) in [5, 5.41) is 9.18. The van der Waals surface area contributed by atoms with Crippen LogP contribution >= 0.6 is 0 Å². The molecule has 2 aromatic carbocycles. The number of hydrogen-bond acceptors (Lipinski definition) is 4. The van der Waals surface area contributed by atoms with Crippen LogP contribution in [-0.2, 0) is 9.84 Å². The van der Waals surface area contributed by atoms with Crippen molar-refractivity contribution in [1.82, 2.24) is 0 Å². The van der Waals surface area contributed by atoms with Gasteiger partial charge in [0.05, 0.1) is 5.56 Å². The van der Waals surface area contributed by atoms with Crippen molar-refractivity contribution in [3.05, 3.63) is 52.6 Å². The predicted molar refractivity (Wildman–Crippen MR) is 87.2 cm³/mol. The molecule has 0 fully saturated rings. The SMILES string of the molecule is Cc1ccc(Oc2cc(C)c(C(=O)O)cc2S(C)(=O)=O)c(C)c1. The molecule has 2 rings (SSSR count). The van der Waals surface area contributed by atoms with E-state index in [9.17, 15) is 18.3 Å². The Morgan fingerprint density at radius 2 is 1.65 bits per heavy atom. The average Bonchev–Trinajstić information content (AvgIpc) is 2.40. The summed E-state index contributed by atoms with van der Waals surface area (Å²) < 4.78 is 29.8. The second-order valence-corrected chi connectivity index (χ2v) is 7.55. The Bertz CT molecular complexity index is 882. The number of carboxylic acids is 1. The van der Waals surface area contributed by atoms with Crippen LogP contribution in [0.2, 0.25) is 0 Å². The van der Waals surface area contributed by atoms with Crippen molar-refractivity contribution >= 4 is 15.8 Å². The molecule has 6 heteroatoms. The Morgan fingerprint density at radius 3 is 2.17 bits per heavy atom. The molecule has 0 heterocycles. The van der Waals surface area contributed by atoms with Crippen LogP contribution < -0.4 is 4.74 Å². The number of benzene rings is 2. The van der Waals surface area contributed by atoms with Gasteiger partial charge in [-0.25, -0.2) is 13.2 Å². The molecule has 0 saturated heterocycles. The molecule has 0 amide bonds. The molecular weight excluding hydrogens is 316 g/mol. The molecule has 0 radical (unpaired) electrons. The van der Waals surface area contributed by atoms with Crippen LogP contribution in [0.3, 0.4) is 0 Å². The zero-order valence-electron chi connectivity index (χ0n) is 13.4.